The fourth-order valence-electron chi connectivity index (χ4n) is 3.33. The molecular formula is C19H28N4O. The maximum absolute atomic E-state index is 12.1. The van der Waals surface area contributed by atoms with E-state index >= 15 is 0 Å². The molecule has 0 atom stereocenters. The number of nitrogens with one attached hydrogen (secondary N) is 1. The third kappa shape index (κ3) is 4.58. The standard InChI is InChI=1S/C19H28N4O/c1-21-10-5-11-22(15-14-21)16-19(24)20-9-4-12-23-13-8-17-6-2-3-7-18(17)23/h2-3,6-8,13H,4-5,9-12,14-16H2,1H3,(H,20,24). The van der Waals surface area contributed by atoms with Crippen LogP contribution in [-0.4, -0.2) is 66.6 Å². The zero-order valence-corrected chi connectivity index (χ0v) is 14.6. The summed E-state index contributed by atoms with van der Waals surface area (Å²) < 4.78 is 2.26. The van der Waals surface area contributed by atoms with Crippen LogP contribution in [0.5, 0.6) is 0 Å². The Morgan fingerprint density at radius 2 is 2.00 bits per heavy atom. The molecule has 1 amide bonds. The zero-order valence-electron chi connectivity index (χ0n) is 14.6. The first-order chi connectivity index (χ1) is 11.7. The highest BCUT2D eigenvalue weighted by Crippen LogP contribution is 2.15. The molecular weight excluding hydrogens is 300 g/mol. The Balaban J connectivity index is 1.37. The number of aromatic nitrogens is 1. The van der Waals surface area contributed by atoms with Gasteiger partial charge in [0.1, 0.15) is 0 Å². The molecule has 0 saturated carbocycles. The molecule has 2 heterocycles. The number of nitrogens with zero attached hydrogens (tertiary/aromatic N) is 3. The molecule has 0 aliphatic carbocycles. The fraction of sp³-hybridized carbons (Fsp3) is 0.526. The third-order valence-electron chi connectivity index (χ3n) is 4.76. The van der Waals surface area contributed by atoms with Crippen molar-refractivity contribution in [3.8, 4) is 0 Å². The lowest BCUT2D eigenvalue weighted by Gasteiger charge is -2.19. The first-order valence-corrected chi connectivity index (χ1v) is 8.94. The molecule has 1 fully saturated rings. The maximum atomic E-state index is 12.1. The van der Waals surface area contributed by atoms with E-state index < -0.39 is 0 Å². The van der Waals surface area contributed by atoms with Crippen molar-refractivity contribution in [2.75, 3.05) is 46.3 Å². The second-order valence-corrected chi connectivity index (χ2v) is 6.70. The van der Waals surface area contributed by atoms with Crippen molar-refractivity contribution in [2.24, 2.45) is 0 Å². The number of hydrogen-bond acceptors (Lipinski definition) is 3. The Morgan fingerprint density at radius 1 is 1.12 bits per heavy atom. The molecule has 2 aromatic rings. The minimum Gasteiger partial charge on any atom is -0.355 e. The smallest absolute Gasteiger partial charge is 0.234 e. The van der Waals surface area contributed by atoms with Crippen LogP contribution in [0.1, 0.15) is 12.8 Å². The third-order valence-corrected chi connectivity index (χ3v) is 4.76. The molecule has 130 valence electrons. The van der Waals surface area contributed by atoms with Crippen LogP contribution in [0, 0.1) is 0 Å². The van der Waals surface area contributed by atoms with Gasteiger partial charge in [-0.05, 0) is 50.5 Å². The highest BCUT2D eigenvalue weighted by atomic mass is 16.2. The van der Waals surface area contributed by atoms with Gasteiger partial charge in [-0.15, -0.1) is 0 Å². The first-order valence-electron chi connectivity index (χ1n) is 8.94. The summed E-state index contributed by atoms with van der Waals surface area (Å²) in [4.78, 5) is 16.7. The lowest BCUT2D eigenvalue weighted by molar-refractivity contribution is -0.122. The largest absolute Gasteiger partial charge is 0.355 e. The Labute approximate surface area is 144 Å². The number of aryl methyl sites for hydroxylation is 1. The topological polar surface area (TPSA) is 40.5 Å². The molecule has 1 aromatic heterocycles. The van der Waals surface area contributed by atoms with Gasteiger partial charge in [-0.1, -0.05) is 18.2 Å². The molecule has 1 aliphatic rings. The average Bonchev–Trinajstić information content (AvgIpc) is 2.88. The number of fused-ring (bicyclic) bond motifs is 1. The molecule has 0 bridgehead atoms. The van der Waals surface area contributed by atoms with Gasteiger partial charge in [0.05, 0.1) is 6.54 Å². The number of rotatable bonds is 6. The van der Waals surface area contributed by atoms with Crippen LogP contribution in [0.2, 0.25) is 0 Å². The van der Waals surface area contributed by atoms with Crippen molar-refractivity contribution >= 4 is 16.8 Å². The molecule has 1 N–H and O–H groups in total. The summed E-state index contributed by atoms with van der Waals surface area (Å²) in [6.45, 7) is 6.38. The van der Waals surface area contributed by atoms with Crippen molar-refractivity contribution in [1.29, 1.82) is 0 Å². The van der Waals surface area contributed by atoms with E-state index in [2.05, 4.69) is 63.3 Å². The van der Waals surface area contributed by atoms with Gasteiger partial charge in [0.2, 0.25) is 5.91 Å². The van der Waals surface area contributed by atoms with Crippen LogP contribution in [0.3, 0.4) is 0 Å². The van der Waals surface area contributed by atoms with Gasteiger partial charge in [-0.3, -0.25) is 9.69 Å². The van der Waals surface area contributed by atoms with E-state index in [1.165, 1.54) is 10.9 Å². The minimum absolute atomic E-state index is 0.150. The van der Waals surface area contributed by atoms with Crippen molar-refractivity contribution in [2.45, 2.75) is 19.4 Å². The van der Waals surface area contributed by atoms with Crippen LogP contribution < -0.4 is 5.32 Å². The highest BCUT2D eigenvalue weighted by Gasteiger charge is 2.14. The second-order valence-electron chi connectivity index (χ2n) is 6.70. The number of benzene rings is 1. The Kier molecular flexibility index (Phi) is 5.88. The molecule has 0 radical (unpaired) electrons. The van der Waals surface area contributed by atoms with Gasteiger partial charge < -0.3 is 14.8 Å². The van der Waals surface area contributed by atoms with Gasteiger partial charge in [-0.25, -0.2) is 0 Å². The van der Waals surface area contributed by atoms with E-state index in [1.807, 2.05) is 0 Å². The number of amides is 1. The number of hydrogen-bond donors (Lipinski definition) is 1. The molecule has 1 aromatic carbocycles. The molecule has 1 aliphatic heterocycles. The van der Waals surface area contributed by atoms with E-state index in [0.717, 1.165) is 52.1 Å². The number of likely N-dealkylation sites (N-methyl/N-ethyl adjacent to an activating group) is 1. The molecule has 5 heteroatoms. The molecule has 3 rings (SSSR count). The molecule has 5 nitrogen and oxygen atoms in total. The van der Waals surface area contributed by atoms with Crippen LogP contribution in [0.4, 0.5) is 0 Å². The summed E-state index contributed by atoms with van der Waals surface area (Å²) in [7, 11) is 2.15. The molecule has 0 unspecified atom stereocenters. The number of para-hydroxylation sites is 1. The summed E-state index contributed by atoms with van der Waals surface area (Å²) in [5, 5.41) is 4.34. The Hall–Kier alpha value is -1.85. The summed E-state index contributed by atoms with van der Waals surface area (Å²) >= 11 is 0. The van der Waals surface area contributed by atoms with Gasteiger partial charge in [-0.2, -0.15) is 0 Å². The fourth-order valence-corrected chi connectivity index (χ4v) is 3.33. The number of carbonyl (C=O) groups excluding carboxylic acids is 1. The first kappa shape index (κ1) is 17.0. The van der Waals surface area contributed by atoms with Gasteiger partial charge in [0, 0.05) is 37.9 Å². The summed E-state index contributed by atoms with van der Waals surface area (Å²) in [6.07, 6.45) is 4.22. The summed E-state index contributed by atoms with van der Waals surface area (Å²) in [5.74, 6) is 0.150. The monoisotopic (exact) mass is 328 g/mol. The normalized spacial score (nSPS) is 17.0. The maximum Gasteiger partial charge on any atom is 0.234 e. The van der Waals surface area contributed by atoms with Crippen molar-refractivity contribution in [1.82, 2.24) is 19.7 Å². The highest BCUT2D eigenvalue weighted by molar-refractivity contribution is 5.80. The molecule has 0 spiro atoms. The average molecular weight is 328 g/mol. The van der Waals surface area contributed by atoms with E-state index in [0.29, 0.717) is 6.54 Å². The van der Waals surface area contributed by atoms with Crippen LogP contribution in [0.15, 0.2) is 36.5 Å². The van der Waals surface area contributed by atoms with E-state index in [-0.39, 0.29) is 5.91 Å². The van der Waals surface area contributed by atoms with Gasteiger partial charge in [0.25, 0.3) is 0 Å². The van der Waals surface area contributed by atoms with Crippen LogP contribution in [-0.2, 0) is 11.3 Å². The lowest BCUT2D eigenvalue weighted by atomic mass is 10.2. The zero-order chi connectivity index (χ0) is 16.8. The second kappa shape index (κ2) is 8.31. The predicted octanol–water partition coefficient (Wildman–Crippen LogP) is 1.79. The van der Waals surface area contributed by atoms with E-state index in [9.17, 15) is 4.79 Å². The Morgan fingerprint density at radius 3 is 2.92 bits per heavy atom. The van der Waals surface area contributed by atoms with Crippen molar-refractivity contribution < 1.29 is 4.79 Å². The summed E-state index contributed by atoms with van der Waals surface area (Å²) in [6, 6.07) is 10.5. The van der Waals surface area contributed by atoms with Crippen LogP contribution >= 0.6 is 0 Å². The van der Waals surface area contributed by atoms with E-state index in [1.54, 1.807) is 0 Å². The van der Waals surface area contributed by atoms with Gasteiger partial charge in [0.15, 0.2) is 0 Å². The molecule has 24 heavy (non-hydrogen) atoms. The SMILES string of the molecule is CN1CCCN(CC(=O)NCCCn2ccc3ccccc32)CC1. The quantitative estimate of drug-likeness (QED) is 0.822. The van der Waals surface area contributed by atoms with Gasteiger partial charge >= 0.3 is 0 Å². The number of carbonyl (C=O) groups is 1. The van der Waals surface area contributed by atoms with Crippen LogP contribution in [0.25, 0.3) is 10.9 Å². The lowest BCUT2D eigenvalue weighted by Crippen LogP contribution is -2.39. The Bertz CT molecular complexity index is 666. The molecule has 1 saturated heterocycles. The summed E-state index contributed by atoms with van der Waals surface area (Å²) in [5.41, 5.74) is 1.26. The minimum atomic E-state index is 0.150. The van der Waals surface area contributed by atoms with Crippen molar-refractivity contribution in [3.63, 3.8) is 0 Å². The predicted molar refractivity (Wildman–Crippen MR) is 98.1 cm³/mol. The van der Waals surface area contributed by atoms with Crippen molar-refractivity contribution in [3.05, 3.63) is 36.5 Å². The van der Waals surface area contributed by atoms with E-state index in [4.69, 9.17) is 0 Å².